The van der Waals surface area contributed by atoms with E-state index in [0.29, 0.717) is 23.0 Å². The summed E-state index contributed by atoms with van der Waals surface area (Å²) >= 11 is 0. The molecule has 0 fully saturated rings. The highest BCUT2D eigenvalue weighted by molar-refractivity contribution is 5.92. The highest BCUT2D eigenvalue weighted by Crippen LogP contribution is 2.33. The van der Waals surface area contributed by atoms with Crippen molar-refractivity contribution < 1.29 is 23.0 Å². The van der Waals surface area contributed by atoms with E-state index >= 15 is 0 Å². The molecule has 0 saturated carbocycles. The highest BCUT2D eigenvalue weighted by atomic mass is 16.5. The van der Waals surface area contributed by atoms with Gasteiger partial charge < -0.3 is 23.5 Å². The van der Waals surface area contributed by atoms with E-state index in [9.17, 15) is 4.79 Å². The van der Waals surface area contributed by atoms with E-state index in [1.54, 1.807) is 18.2 Å². The predicted octanol–water partition coefficient (Wildman–Crippen LogP) is 3.84. The maximum atomic E-state index is 12.3. The summed E-state index contributed by atoms with van der Waals surface area (Å²) in [5, 5.41) is 10.5. The van der Waals surface area contributed by atoms with E-state index in [1.807, 2.05) is 25.1 Å². The molecular formula is C21H17N3O5. The molecule has 1 amide bonds. The molecule has 1 aromatic carbocycles. The van der Waals surface area contributed by atoms with Crippen molar-refractivity contribution in [2.24, 2.45) is 0 Å². The summed E-state index contributed by atoms with van der Waals surface area (Å²) in [4.78, 5) is 12.3. The van der Waals surface area contributed by atoms with Gasteiger partial charge in [0.2, 0.25) is 5.76 Å². The molecule has 0 spiro atoms. The number of fused-ring (bicyclic) bond motifs is 1. The number of carbonyl (C=O) groups is 1. The van der Waals surface area contributed by atoms with Crippen LogP contribution in [0, 0.1) is 0 Å². The van der Waals surface area contributed by atoms with Crippen LogP contribution < -0.4 is 10.1 Å². The number of benzene rings is 1. The molecule has 1 aliphatic heterocycles. The van der Waals surface area contributed by atoms with Crippen molar-refractivity contribution >= 4 is 5.91 Å². The molecule has 4 aromatic rings. The van der Waals surface area contributed by atoms with Crippen LogP contribution in [0.25, 0.3) is 22.8 Å². The number of hydrogen-bond acceptors (Lipinski definition) is 7. The molecule has 8 nitrogen and oxygen atoms in total. The standard InChI is InChI=1S/C21H17N3O5/c1-12-7-13-4-5-14(8-18(13)27-12)19-9-15(23-28-19)11-22-21(25)16-10-20(29-24-16)17-3-2-6-26-17/h2-6,8-10,12H,7,11H2,1H3,(H,22,25). The zero-order valence-electron chi connectivity index (χ0n) is 15.5. The fourth-order valence-electron chi connectivity index (χ4n) is 3.26. The molecule has 1 unspecified atom stereocenters. The molecular weight excluding hydrogens is 374 g/mol. The summed E-state index contributed by atoms with van der Waals surface area (Å²) in [6.07, 6.45) is 2.62. The molecule has 0 radical (unpaired) electrons. The monoisotopic (exact) mass is 391 g/mol. The van der Waals surface area contributed by atoms with Gasteiger partial charge in [0.15, 0.2) is 17.2 Å². The number of nitrogens with one attached hydrogen (secondary N) is 1. The third-order valence-corrected chi connectivity index (χ3v) is 4.68. The lowest BCUT2D eigenvalue weighted by molar-refractivity contribution is 0.0941. The zero-order chi connectivity index (χ0) is 19.8. The molecule has 3 aromatic heterocycles. The summed E-state index contributed by atoms with van der Waals surface area (Å²) in [7, 11) is 0. The van der Waals surface area contributed by atoms with Crippen molar-refractivity contribution in [2.45, 2.75) is 26.0 Å². The number of carbonyl (C=O) groups excluding carboxylic acids is 1. The molecule has 5 rings (SSSR count). The third-order valence-electron chi connectivity index (χ3n) is 4.68. The molecule has 0 saturated heterocycles. The maximum absolute atomic E-state index is 12.3. The second-order valence-corrected chi connectivity index (χ2v) is 6.87. The van der Waals surface area contributed by atoms with Crippen LogP contribution in [-0.2, 0) is 13.0 Å². The SMILES string of the molecule is CC1Cc2ccc(-c3cc(CNC(=O)c4cc(-c5ccco5)on4)no3)cc2O1. The van der Waals surface area contributed by atoms with Gasteiger partial charge in [0, 0.05) is 24.1 Å². The molecule has 4 heterocycles. The predicted molar refractivity (Wildman–Crippen MR) is 101 cm³/mol. The van der Waals surface area contributed by atoms with Crippen molar-refractivity contribution in [3.8, 4) is 28.6 Å². The van der Waals surface area contributed by atoms with E-state index in [4.69, 9.17) is 18.2 Å². The lowest BCUT2D eigenvalue weighted by Crippen LogP contribution is -2.23. The van der Waals surface area contributed by atoms with Crippen LogP contribution in [0.5, 0.6) is 5.75 Å². The summed E-state index contributed by atoms with van der Waals surface area (Å²) in [6, 6.07) is 12.7. The van der Waals surface area contributed by atoms with Crippen molar-refractivity contribution in [1.82, 2.24) is 15.6 Å². The summed E-state index contributed by atoms with van der Waals surface area (Å²) < 4.78 is 21.6. The quantitative estimate of drug-likeness (QED) is 0.551. The lowest BCUT2D eigenvalue weighted by Gasteiger charge is -2.03. The van der Waals surface area contributed by atoms with E-state index < -0.39 is 0 Å². The van der Waals surface area contributed by atoms with Crippen molar-refractivity contribution in [1.29, 1.82) is 0 Å². The first-order chi connectivity index (χ1) is 14.2. The average molecular weight is 391 g/mol. The van der Waals surface area contributed by atoms with E-state index in [2.05, 4.69) is 15.6 Å². The molecule has 1 aliphatic rings. The number of ether oxygens (including phenoxy) is 1. The molecule has 1 N–H and O–H groups in total. The number of furan rings is 1. The van der Waals surface area contributed by atoms with Gasteiger partial charge in [0.05, 0.1) is 12.8 Å². The van der Waals surface area contributed by atoms with Gasteiger partial charge in [-0.25, -0.2) is 0 Å². The van der Waals surface area contributed by atoms with Gasteiger partial charge in [-0.05, 0) is 30.7 Å². The first-order valence-electron chi connectivity index (χ1n) is 9.20. The van der Waals surface area contributed by atoms with Gasteiger partial charge in [0.25, 0.3) is 5.91 Å². The van der Waals surface area contributed by atoms with Crippen LogP contribution in [-0.4, -0.2) is 22.3 Å². The number of nitrogens with zero attached hydrogens (tertiary/aromatic N) is 2. The Kier molecular flexibility index (Phi) is 4.16. The largest absolute Gasteiger partial charge is 0.490 e. The molecule has 0 aliphatic carbocycles. The lowest BCUT2D eigenvalue weighted by atomic mass is 10.1. The van der Waals surface area contributed by atoms with Crippen LogP contribution in [0.1, 0.15) is 28.7 Å². The molecule has 8 heteroatoms. The Hall–Kier alpha value is -3.81. The first-order valence-corrected chi connectivity index (χ1v) is 9.20. The maximum Gasteiger partial charge on any atom is 0.273 e. The Labute approximate surface area is 165 Å². The van der Waals surface area contributed by atoms with Crippen LogP contribution in [0.2, 0.25) is 0 Å². The Balaban J connectivity index is 1.24. The summed E-state index contributed by atoms with van der Waals surface area (Å²) in [5.41, 5.74) is 2.82. The van der Waals surface area contributed by atoms with Crippen LogP contribution in [0.15, 0.2) is 62.2 Å². The fourth-order valence-corrected chi connectivity index (χ4v) is 3.26. The Bertz CT molecular complexity index is 1160. The Morgan fingerprint density at radius 1 is 1.10 bits per heavy atom. The van der Waals surface area contributed by atoms with Crippen molar-refractivity contribution in [3.63, 3.8) is 0 Å². The van der Waals surface area contributed by atoms with Crippen molar-refractivity contribution in [3.05, 3.63) is 65.7 Å². The Morgan fingerprint density at radius 3 is 2.86 bits per heavy atom. The van der Waals surface area contributed by atoms with Crippen LogP contribution in [0.3, 0.4) is 0 Å². The second-order valence-electron chi connectivity index (χ2n) is 6.87. The minimum atomic E-state index is -0.379. The minimum Gasteiger partial charge on any atom is -0.490 e. The van der Waals surface area contributed by atoms with Gasteiger partial charge in [-0.1, -0.05) is 22.4 Å². The first kappa shape index (κ1) is 17.3. The van der Waals surface area contributed by atoms with Gasteiger partial charge >= 0.3 is 0 Å². The number of hydrogen-bond donors (Lipinski definition) is 1. The molecule has 29 heavy (non-hydrogen) atoms. The highest BCUT2D eigenvalue weighted by Gasteiger charge is 2.20. The number of rotatable bonds is 5. The molecule has 146 valence electrons. The number of amides is 1. The normalized spacial score (nSPS) is 15.1. The van der Waals surface area contributed by atoms with Crippen LogP contribution >= 0.6 is 0 Å². The topological polar surface area (TPSA) is 104 Å². The minimum absolute atomic E-state index is 0.157. The van der Waals surface area contributed by atoms with Crippen molar-refractivity contribution in [2.75, 3.05) is 0 Å². The number of aromatic nitrogens is 2. The van der Waals surface area contributed by atoms with Gasteiger partial charge in [-0.2, -0.15) is 0 Å². The van der Waals surface area contributed by atoms with E-state index in [-0.39, 0.29) is 24.2 Å². The van der Waals surface area contributed by atoms with Gasteiger partial charge in [-0.3, -0.25) is 4.79 Å². The van der Waals surface area contributed by atoms with E-state index in [1.165, 1.54) is 17.9 Å². The van der Waals surface area contributed by atoms with Crippen LogP contribution in [0.4, 0.5) is 0 Å². The fraction of sp³-hybridized carbons (Fsp3) is 0.190. The average Bonchev–Trinajstić information content (AvgIpc) is 3.51. The third kappa shape index (κ3) is 3.40. The molecule has 1 atom stereocenters. The van der Waals surface area contributed by atoms with E-state index in [0.717, 1.165) is 17.7 Å². The summed E-state index contributed by atoms with van der Waals surface area (Å²) in [5.74, 6) is 2.00. The Morgan fingerprint density at radius 2 is 2.00 bits per heavy atom. The van der Waals surface area contributed by atoms with Gasteiger partial charge in [0.1, 0.15) is 17.5 Å². The molecule has 0 bridgehead atoms. The smallest absolute Gasteiger partial charge is 0.273 e. The van der Waals surface area contributed by atoms with Gasteiger partial charge in [-0.15, -0.1) is 0 Å². The summed E-state index contributed by atoms with van der Waals surface area (Å²) in [6.45, 7) is 2.24. The zero-order valence-corrected chi connectivity index (χ0v) is 15.5. The second kappa shape index (κ2) is 6.97.